The molecule has 0 unspecified atom stereocenters. The first-order valence-electron chi connectivity index (χ1n) is 11.0. The number of nitrogens with one attached hydrogen (secondary N) is 1. The van der Waals surface area contributed by atoms with Crippen LogP contribution in [0, 0.1) is 5.92 Å². The number of carbonyl (C=O) groups excluding carboxylic acids is 2. The van der Waals surface area contributed by atoms with Gasteiger partial charge in [0.25, 0.3) is 0 Å². The molecule has 178 valence electrons. The molecule has 7 nitrogen and oxygen atoms in total. The average molecular weight is 492 g/mol. The molecule has 1 fully saturated rings. The zero-order chi connectivity index (χ0) is 24.2. The first-order valence-corrected chi connectivity index (χ1v) is 12.9. The van der Waals surface area contributed by atoms with Gasteiger partial charge in [0.15, 0.2) is 5.78 Å². The number of halogens is 1. The third-order valence-electron chi connectivity index (χ3n) is 5.73. The predicted octanol–water partition coefficient (Wildman–Crippen LogP) is 3.42. The molecule has 3 N–H and O–H groups in total. The van der Waals surface area contributed by atoms with Gasteiger partial charge < -0.3 is 10.6 Å². The molecule has 33 heavy (non-hydrogen) atoms. The lowest BCUT2D eigenvalue weighted by Gasteiger charge is -2.29. The Bertz CT molecular complexity index is 1110. The third kappa shape index (κ3) is 6.34. The molecule has 0 radical (unpaired) electrons. The molecule has 0 aliphatic carbocycles. The lowest BCUT2D eigenvalue weighted by Crippen LogP contribution is -2.52. The largest absolute Gasteiger partial charge is 0.398 e. The molecule has 9 heteroatoms. The summed E-state index contributed by atoms with van der Waals surface area (Å²) in [5.41, 5.74) is 7.08. The van der Waals surface area contributed by atoms with E-state index >= 15 is 0 Å². The molecular formula is C24H30ClN3O4S. The van der Waals surface area contributed by atoms with Crippen molar-refractivity contribution in [1.82, 2.24) is 9.62 Å². The van der Waals surface area contributed by atoms with Crippen LogP contribution in [0.25, 0.3) is 0 Å². The van der Waals surface area contributed by atoms with Gasteiger partial charge in [-0.25, -0.2) is 8.42 Å². The van der Waals surface area contributed by atoms with Crippen molar-refractivity contribution in [3.05, 3.63) is 59.1 Å². The molecule has 0 bridgehead atoms. The average Bonchev–Trinajstić information content (AvgIpc) is 3.25. The first kappa shape index (κ1) is 25.2. The van der Waals surface area contributed by atoms with E-state index in [-0.39, 0.29) is 28.9 Å². The highest BCUT2D eigenvalue weighted by Gasteiger charge is 2.38. The Balaban J connectivity index is 1.80. The van der Waals surface area contributed by atoms with Crippen molar-refractivity contribution >= 4 is 39.0 Å². The number of hydrogen-bond acceptors (Lipinski definition) is 5. The van der Waals surface area contributed by atoms with Crippen molar-refractivity contribution in [2.75, 3.05) is 12.3 Å². The number of Topliss-reactive ketones (excluding diaryl/α,β-unsaturated/α-hetero) is 1. The van der Waals surface area contributed by atoms with Gasteiger partial charge in [-0.3, -0.25) is 9.59 Å². The van der Waals surface area contributed by atoms with Crippen LogP contribution in [0.3, 0.4) is 0 Å². The van der Waals surface area contributed by atoms with Crippen LogP contribution in [0.5, 0.6) is 0 Å². The van der Waals surface area contributed by atoms with Crippen LogP contribution in [0.15, 0.2) is 53.4 Å². The summed E-state index contributed by atoms with van der Waals surface area (Å²) >= 11 is 6.04. The van der Waals surface area contributed by atoms with Crippen molar-refractivity contribution in [1.29, 1.82) is 0 Å². The maximum Gasteiger partial charge on any atom is 0.241 e. The second-order valence-corrected chi connectivity index (χ2v) is 10.9. The highest BCUT2D eigenvalue weighted by atomic mass is 35.5. The number of hydrogen-bond donors (Lipinski definition) is 2. The van der Waals surface area contributed by atoms with E-state index in [2.05, 4.69) is 4.72 Å². The van der Waals surface area contributed by atoms with Crippen LogP contribution in [0.4, 0.5) is 5.69 Å². The molecule has 0 saturated carbocycles. The second kappa shape index (κ2) is 10.7. The second-order valence-electron chi connectivity index (χ2n) is 8.79. The maximum absolute atomic E-state index is 13.5. The van der Waals surface area contributed by atoms with Crippen LogP contribution in [0.1, 0.15) is 38.7 Å². The molecular weight excluding hydrogens is 462 g/mol. The smallest absolute Gasteiger partial charge is 0.241 e. The third-order valence-corrected chi connectivity index (χ3v) is 7.46. The number of ketones is 1. The van der Waals surface area contributed by atoms with E-state index < -0.39 is 22.1 Å². The summed E-state index contributed by atoms with van der Waals surface area (Å²) in [5, 5.41) is 0.485. The summed E-state index contributed by atoms with van der Waals surface area (Å²) in [7, 11) is -3.89. The fourth-order valence-electron chi connectivity index (χ4n) is 4.12. The van der Waals surface area contributed by atoms with Gasteiger partial charge in [-0.15, -0.1) is 0 Å². The summed E-state index contributed by atoms with van der Waals surface area (Å²) < 4.78 is 28.4. The van der Waals surface area contributed by atoms with E-state index in [0.717, 1.165) is 0 Å². The van der Waals surface area contributed by atoms with Crippen molar-refractivity contribution in [3.63, 3.8) is 0 Å². The summed E-state index contributed by atoms with van der Waals surface area (Å²) in [5.74, 6) is -0.442. The Hall–Kier alpha value is -2.42. The zero-order valence-corrected chi connectivity index (χ0v) is 20.4. The molecule has 0 aromatic heterocycles. The number of benzene rings is 2. The van der Waals surface area contributed by atoms with E-state index in [4.69, 9.17) is 17.3 Å². The zero-order valence-electron chi connectivity index (χ0n) is 18.8. The van der Waals surface area contributed by atoms with Crippen LogP contribution in [0.2, 0.25) is 5.02 Å². The van der Waals surface area contributed by atoms with E-state index in [1.54, 1.807) is 36.4 Å². The van der Waals surface area contributed by atoms with Gasteiger partial charge in [0.1, 0.15) is 6.04 Å². The highest BCUT2D eigenvalue weighted by Crippen LogP contribution is 2.25. The summed E-state index contributed by atoms with van der Waals surface area (Å²) in [4.78, 5) is 28.2. The molecule has 1 heterocycles. The Morgan fingerprint density at radius 2 is 1.88 bits per heavy atom. The van der Waals surface area contributed by atoms with E-state index in [9.17, 15) is 18.0 Å². The minimum Gasteiger partial charge on any atom is -0.398 e. The quantitative estimate of drug-likeness (QED) is 0.522. The summed E-state index contributed by atoms with van der Waals surface area (Å²) in [6.45, 7) is 4.25. The number of anilines is 1. The Morgan fingerprint density at radius 1 is 1.18 bits per heavy atom. The van der Waals surface area contributed by atoms with Gasteiger partial charge >= 0.3 is 0 Å². The minimum atomic E-state index is -3.89. The van der Waals surface area contributed by atoms with Gasteiger partial charge in [0.05, 0.1) is 10.9 Å². The topological polar surface area (TPSA) is 110 Å². The SMILES string of the molecule is CC(C)C[C@@H](NS(=O)(=O)c1ccccc1)C(=O)N1CCC[C@H]1C(=O)Cc1cc(Cl)ccc1N. The van der Waals surface area contributed by atoms with Crippen LogP contribution in [-0.4, -0.2) is 43.6 Å². The standard InChI is InChI=1S/C24H30ClN3O4S/c1-16(2)13-21(27-33(31,32)19-7-4-3-5-8-19)24(30)28-12-6-9-22(28)23(29)15-17-14-18(25)10-11-20(17)26/h3-5,7-8,10-11,14,16,21-22,27H,6,9,12-13,15,26H2,1-2H3/t21-,22+/m1/s1. The fraction of sp³-hybridized carbons (Fsp3) is 0.417. The number of carbonyl (C=O) groups is 2. The number of rotatable bonds is 9. The molecule has 0 spiro atoms. The summed E-state index contributed by atoms with van der Waals surface area (Å²) in [6.07, 6.45) is 1.59. The molecule has 2 atom stereocenters. The van der Waals surface area contributed by atoms with Crippen LogP contribution in [-0.2, 0) is 26.0 Å². The van der Waals surface area contributed by atoms with Gasteiger partial charge in [0, 0.05) is 23.7 Å². The Labute approximate surface area is 200 Å². The molecule has 1 aliphatic heterocycles. The monoisotopic (exact) mass is 491 g/mol. The van der Waals surface area contributed by atoms with Crippen LogP contribution < -0.4 is 10.5 Å². The first-order chi connectivity index (χ1) is 15.6. The van der Waals surface area contributed by atoms with Crippen molar-refractivity contribution < 1.29 is 18.0 Å². The Kier molecular flexibility index (Phi) is 8.15. The fourth-order valence-corrected chi connectivity index (χ4v) is 5.54. The molecule has 1 aliphatic rings. The molecule has 1 amide bonds. The van der Waals surface area contributed by atoms with Crippen LogP contribution >= 0.6 is 11.6 Å². The number of likely N-dealkylation sites (tertiary alicyclic amines) is 1. The number of nitrogens with zero attached hydrogens (tertiary/aromatic N) is 1. The van der Waals surface area contributed by atoms with Crippen molar-refractivity contribution in [3.8, 4) is 0 Å². The predicted molar refractivity (Wildman–Crippen MR) is 129 cm³/mol. The lowest BCUT2D eigenvalue weighted by atomic mass is 9.99. The normalized spacial score (nSPS) is 17.3. The van der Waals surface area contributed by atoms with Gasteiger partial charge in [-0.2, -0.15) is 4.72 Å². The number of nitrogen functional groups attached to an aromatic ring is 1. The Morgan fingerprint density at radius 3 is 2.55 bits per heavy atom. The van der Waals surface area contributed by atoms with E-state index in [1.807, 2.05) is 13.8 Å². The molecule has 3 rings (SSSR count). The number of sulfonamides is 1. The molecule has 2 aromatic carbocycles. The maximum atomic E-state index is 13.5. The molecule has 1 saturated heterocycles. The van der Waals surface area contributed by atoms with Crippen molar-refractivity contribution in [2.24, 2.45) is 5.92 Å². The van der Waals surface area contributed by atoms with E-state index in [0.29, 0.717) is 42.1 Å². The van der Waals surface area contributed by atoms with Gasteiger partial charge in [0.2, 0.25) is 15.9 Å². The number of amides is 1. The number of nitrogens with two attached hydrogens (primary N) is 1. The summed E-state index contributed by atoms with van der Waals surface area (Å²) in [6, 6.07) is 11.3. The molecule has 2 aromatic rings. The van der Waals surface area contributed by atoms with Gasteiger partial charge in [-0.1, -0.05) is 43.6 Å². The highest BCUT2D eigenvalue weighted by molar-refractivity contribution is 7.89. The van der Waals surface area contributed by atoms with Gasteiger partial charge in [-0.05, 0) is 61.1 Å². The minimum absolute atomic E-state index is 0.0609. The lowest BCUT2D eigenvalue weighted by molar-refractivity contribution is -0.139. The van der Waals surface area contributed by atoms with Crippen molar-refractivity contribution in [2.45, 2.75) is 56.5 Å². The van der Waals surface area contributed by atoms with E-state index in [1.165, 1.54) is 17.0 Å².